The lowest BCUT2D eigenvalue weighted by molar-refractivity contribution is 0.652. The van der Waals surface area contributed by atoms with E-state index in [0.29, 0.717) is 0 Å². The van der Waals surface area contributed by atoms with Crippen LogP contribution in [0.5, 0.6) is 0 Å². The van der Waals surface area contributed by atoms with Crippen LogP contribution in [0.2, 0.25) is 0 Å². The average molecular weight is 138 g/mol. The van der Waals surface area contributed by atoms with E-state index in [-0.39, 0.29) is 0 Å². The van der Waals surface area contributed by atoms with Crippen molar-refractivity contribution in [1.82, 2.24) is 14.8 Å². The predicted octanol–water partition coefficient (Wildman–Crippen LogP) is 0.484. The third-order valence-electron chi connectivity index (χ3n) is 1.72. The van der Waals surface area contributed by atoms with Crippen LogP contribution in [0.25, 0.3) is 0 Å². The molecule has 0 aliphatic carbocycles. The van der Waals surface area contributed by atoms with Crippen molar-refractivity contribution < 1.29 is 0 Å². The summed E-state index contributed by atoms with van der Waals surface area (Å²) in [6.45, 7) is 2.08. The van der Waals surface area contributed by atoms with E-state index < -0.39 is 0 Å². The summed E-state index contributed by atoms with van der Waals surface area (Å²) in [5, 5.41) is 10.9. The lowest BCUT2D eigenvalue weighted by Gasteiger charge is -1.98. The molecule has 10 heavy (non-hydrogen) atoms. The highest BCUT2D eigenvalue weighted by atomic mass is 15.3. The van der Waals surface area contributed by atoms with Crippen molar-refractivity contribution in [1.29, 1.82) is 0 Å². The van der Waals surface area contributed by atoms with Crippen LogP contribution in [0.4, 0.5) is 5.95 Å². The van der Waals surface area contributed by atoms with Gasteiger partial charge in [-0.15, -0.1) is 10.2 Å². The molecule has 2 heterocycles. The lowest BCUT2D eigenvalue weighted by atomic mass is 10.3. The molecule has 0 fully saturated rings. The molecule has 54 valence electrons. The number of anilines is 1. The fourth-order valence-corrected chi connectivity index (χ4v) is 1.16. The van der Waals surface area contributed by atoms with Crippen LogP contribution in [0.15, 0.2) is 6.33 Å². The maximum atomic E-state index is 3.92. The van der Waals surface area contributed by atoms with Gasteiger partial charge in [0, 0.05) is 13.1 Å². The zero-order chi connectivity index (χ0) is 6.81. The molecule has 0 atom stereocenters. The lowest BCUT2D eigenvalue weighted by Crippen LogP contribution is -2.02. The summed E-state index contributed by atoms with van der Waals surface area (Å²) in [7, 11) is 0. The monoisotopic (exact) mass is 138 g/mol. The highest BCUT2D eigenvalue weighted by molar-refractivity contribution is 5.23. The van der Waals surface area contributed by atoms with Gasteiger partial charge < -0.3 is 9.88 Å². The summed E-state index contributed by atoms with van der Waals surface area (Å²) in [6, 6.07) is 0. The zero-order valence-corrected chi connectivity index (χ0v) is 5.75. The topological polar surface area (TPSA) is 42.7 Å². The number of hydrogen-bond acceptors (Lipinski definition) is 3. The summed E-state index contributed by atoms with van der Waals surface area (Å²) < 4.78 is 2.05. The van der Waals surface area contributed by atoms with Gasteiger partial charge >= 0.3 is 0 Å². The summed E-state index contributed by atoms with van der Waals surface area (Å²) >= 11 is 0. The molecular formula is C6H10N4. The zero-order valence-electron chi connectivity index (χ0n) is 5.75. The molecule has 1 aliphatic heterocycles. The van der Waals surface area contributed by atoms with Crippen molar-refractivity contribution in [3.63, 3.8) is 0 Å². The normalized spacial score (nSPS) is 17.2. The second kappa shape index (κ2) is 2.28. The van der Waals surface area contributed by atoms with Crippen molar-refractivity contribution in [2.75, 3.05) is 11.9 Å². The molecule has 0 amide bonds. The van der Waals surface area contributed by atoms with Crippen LogP contribution >= 0.6 is 0 Å². The number of aryl methyl sites for hydroxylation is 1. The Kier molecular flexibility index (Phi) is 1.30. The molecule has 2 rings (SSSR count). The quantitative estimate of drug-likeness (QED) is 0.567. The predicted molar refractivity (Wildman–Crippen MR) is 37.7 cm³/mol. The van der Waals surface area contributed by atoms with Crippen molar-refractivity contribution in [3.05, 3.63) is 6.33 Å². The van der Waals surface area contributed by atoms with Gasteiger partial charge in [0.2, 0.25) is 5.95 Å². The first-order valence-corrected chi connectivity index (χ1v) is 3.58. The first kappa shape index (κ1) is 5.70. The second-order valence-electron chi connectivity index (χ2n) is 2.48. The SMILES string of the molecule is c1nnc2n1CCCCN2. The van der Waals surface area contributed by atoms with E-state index in [4.69, 9.17) is 0 Å². The molecule has 0 saturated heterocycles. The first-order valence-electron chi connectivity index (χ1n) is 3.58. The number of nitrogens with one attached hydrogen (secondary N) is 1. The fourth-order valence-electron chi connectivity index (χ4n) is 1.16. The molecule has 1 aliphatic rings. The number of nitrogens with zero attached hydrogens (tertiary/aromatic N) is 3. The Labute approximate surface area is 59.3 Å². The summed E-state index contributed by atoms with van der Waals surface area (Å²) in [5.41, 5.74) is 0. The van der Waals surface area contributed by atoms with Gasteiger partial charge in [0.25, 0.3) is 0 Å². The van der Waals surface area contributed by atoms with E-state index in [9.17, 15) is 0 Å². The van der Waals surface area contributed by atoms with Crippen LogP contribution in [-0.4, -0.2) is 21.3 Å². The standard InChI is InChI=1S/C6H10N4/c1-2-4-10-5-8-9-6(10)7-3-1/h5H,1-4H2,(H,7,9). The van der Waals surface area contributed by atoms with Crippen LogP contribution in [0.3, 0.4) is 0 Å². The Morgan fingerprint density at radius 3 is 3.50 bits per heavy atom. The molecule has 0 bridgehead atoms. The highest BCUT2D eigenvalue weighted by Crippen LogP contribution is 2.08. The third-order valence-corrected chi connectivity index (χ3v) is 1.72. The molecule has 1 aromatic heterocycles. The molecule has 1 N–H and O–H groups in total. The minimum absolute atomic E-state index is 0.914. The Morgan fingerprint density at radius 1 is 1.50 bits per heavy atom. The van der Waals surface area contributed by atoms with Gasteiger partial charge in [-0.3, -0.25) is 0 Å². The average Bonchev–Trinajstić information content (AvgIpc) is 2.28. The fraction of sp³-hybridized carbons (Fsp3) is 0.667. The number of rotatable bonds is 0. The van der Waals surface area contributed by atoms with Crippen molar-refractivity contribution in [2.24, 2.45) is 0 Å². The molecule has 4 nitrogen and oxygen atoms in total. The molecule has 1 aromatic rings. The van der Waals surface area contributed by atoms with Gasteiger partial charge in [-0.25, -0.2) is 0 Å². The van der Waals surface area contributed by atoms with E-state index in [1.54, 1.807) is 6.33 Å². The summed E-state index contributed by atoms with van der Waals surface area (Å²) in [6.07, 6.45) is 4.22. The van der Waals surface area contributed by atoms with E-state index in [0.717, 1.165) is 19.0 Å². The minimum Gasteiger partial charge on any atom is -0.354 e. The Balaban J connectivity index is 2.28. The van der Waals surface area contributed by atoms with E-state index >= 15 is 0 Å². The van der Waals surface area contributed by atoms with Crippen LogP contribution in [0.1, 0.15) is 12.8 Å². The first-order chi connectivity index (χ1) is 4.97. The van der Waals surface area contributed by atoms with Gasteiger partial charge in [0.05, 0.1) is 0 Å². The van der Waals surface area contributed by atoms with Crippen molar-refractivity contribution >= 4 is 5.95 Å². The molecule has 0 unspecified atom stereocenters. The Morgan fingerprint density at radius 2 is 2.50 bits per heavy atom. The highest BCUT2D eigenvalue weighted by Gasteiger charge is 2.05. The molecular weight excluding hydrogens is 128 g/mol. The number of aromatic nitrogens is 3. The van der Waals surface area contributed by atoms with Crippen LogP contribution in [-0.2, 0) is 6.54 Å². The van der Waals surface area contributed by atoms with Crippen molar-refractivity contribution in [3.8, 4) is 0 Å². The number of hydrogen-bond donors (Lipinski definition) is 1. The molecule has 0 saturated carbocycles. The molecule has 0 spiro atoms. The van der Waals surface area contributed by atoms with Gasteiger partial charge in [-0.05, 0) is 12.8 Å². The van der Waals surface area contributed by atoms with E-state index in [2.05, 4.69) is 15.5 Å². The smallest absolute Gasteiger partial charge is 0.224 e. The molecule has 0 radical (unpaired) electrons. The maximum Gasteiger partial charge on any atom is 0.224 e. The van der Waals surface area contributed by atoms with Gasteiger partial charge in [-0.2, -0.15) is 0 Å². The van der Waals surface area contributed by atoms with Gasteiger partial charge in [-0.1, -0.05) is 0 Å². The second-order valence-corrected chi connectivity index (χ2v) is 2.48. The minimum atomic E-state index is 0.914. The summed E-state index contributed by atoms with van der Waals surface area (Å²) in [5.74, 6) is 0.914. The Hall–Kier alpha value is -1.06. The molecule has 0 aromatic carbocycles. The third kappa shape index (κ3) is 0.853. The van der Waals surface area contributed by atoms with Gasteiger partial charge in [0.1, 0.15) is 6.33 Å². The summed E-state index contributed by atoms with van der Waals surface area (Å²) in [4.78, 5) is 0. The van der Waals surface area contributed by atoms with Crippen LogP contribution < -0.4 is 5.32 Å². The Bertz CT molecular complexity index is 197. The number of fused-ring (bicyclic) bond motifs is 1. The maximum absolute atomic E-state index is 3.92. The van der Waals surface area contributed by atoms with E-state index in [1.807, 2.05) is 4.57 Å². The molecule has 4 heteroatoms. The van der Waals surface area contributed by atoms with E-state index in [1.165, 1.54) is 12.8 Å². The van der Waals surface area contributed by atoms with Gasteiger partial charge in [0.15, 0.2) is 0 Å². The largest absolute Gasteiger partial charge is 0.354 e. The van der Waals surface area contributed by atoms with Crippen molar-refractivity contribution in [2.45, 2.75) is 19.4 Å². The van der Waals surface area contributed by atoms with Crippen LogP contribution in [0, 0.1) is 0 Å².